The molecule has 4 N–H and O–H groups in total. The first-order valence-corrected chi connectivity index (χ1v) is 6.54. The molecule has 8 heteroatoms. The third kappa shape index (κ3) is 1.80. The lowest BCUT2D eigenvalue weighted by Crippen LogP contribution is -2.50. The number of primary amides is 1. The first kappa shape index (κ1) is 13.1. The predicted octanol–water partition coefficient (Wildman–Crippen LogP) is -1.34. The van der Waals surface area contributed by atoms with Crippen LogP contribution in [-0.2, 0) is 16.9 Å². The number of fused-ring (bicyclic) bond motifs is 2. The molecule has 0 aromatic carbocycles. The van der Waals surface area contributed by atoms with Crippen LogP contribution in [0.25, 0.3) is 0 Å². The van der Waals surface area contributed by atoms with Gasteiger partial charge in [-0.3, -0.25) is 14.2 Å². The number of amides is 1. The molecular weight excluding hydrogens is 264 g/mol. The van der Waals surface area contributed by atoms with Gasteiger partial charge in [0.1, 0.15) is 11.4 Å². The van der Waals surface area contributed by atoms with Crippen LogP contribution in [-0.4, -0.2) is 40.3 Å². The Morgan fingerprint density at radius 1 is 1.45 bits per heavy atom. The maximum Gasteiger partial charge on any atom is 0.296 e. The summed E-state index contributed by atoms with van der Waals surface area (Å²) in [4.78, 5) is 27.6. The van der Waals surface area contributed by atoms with Gasteiger partial charge in [0.05, 0.1) is 13.2 Å². The maximum atomic E-state index is 12.2. The zero-order valence-corrected chi connectivity index (χ0v) is 10.9. The van der Waals surface area contributed by atoms with Crippen molar-refractivity contribution < 1.29 is 14.6 Å². The topological polar surface area (TPSA) is 119 Å². The first-order valence-electron chi connectivity index (χ1n) is 6.54. The second-order valence-corrected chi connectivity index (χ2v) is 5.05. The number of hydrogen-bond acceptors (Lipinski definition) is 6. The summed E-state index contributed by atoms with van der Waals surface area (Å²) in [7, 11) is 0. The van der Waals surface area contributed by atoms with Crippen molar-refractivity contribution in [2.75, 3.05) is 19.7 Å². The number of aromatic hydroxyl groups is 1. The van der Waals surface area contributed by atoms with Crippen molar-refractivity contribution >= 4 is 5.91 Å². The Bertz CT molecular complexity index is 619. The zero-order chi connectivity index (χ0) is 14.3. The number of nitrogens with one attached hydrogen (secondary N) is 1. The van der Waals surface area contributed by atoms with Crippen molar-refractivity contribution in [3.63, 3.8) is 0 Å². The highest BCUT2D eigenvalue weighted by Gasteiger charge is 2.42. The Hall–Kier alpha value is -1.93. The summed E-state index contributed by atoms with van der Waals surface area (Å²) in [5.41, 5.74) is 3.47. The Morgan fingerprint density at radius 3 is 2.80 bits per heavy atom. The van der Waals surface area contributed by atoms with Crippen molar-refractivity contribution in [1.82, 2.24) is 14.9 Å². The molecule has 1 spiro atoms. The molecule has 2 aliphatic rings. The van der Waals surface area contributed by atoms with Crippen LogP contribution < -0.4 is 16.6 Å². The average molecular weight is 280 g/mol. The highest BCUT2D eigenvalue weighted by molar-refractivity contribution is 5.93. The molecule has 108 valence electrons. The molecule has 0 aliphatic carbocycles. The summed E-state index contributed by atoms with van der Waals surface area (Å²) < 4.78 is 7.25. The van der Waals surface area contributed by atoms with E-state index in [1.165, 1.54) is 4.57 Å². The van der Waals surface area contributed by atoms with E-state index >= 15 is 0 Å². The Morgan fingerprint density at radius 2 is 2.15 bits per heavy atom. The Balaban J connectivity index is 2.22. The summed E-state index contributed by atoms with van der Waals surface area (Å²) >= 11 is 0. The second-order valence-electron chi connectivity index (χ2n) is 5.05. The minimum absolute atomic E-state index is 0.308. The van der Waals surface area contributed by atoms with Crippen molar-refractivity contribution in [3.05, 3.63) is 21.9 Å². The molecule has 0 bridgehead atoms. The van der Waals surface area contributed by atoms with E-state index in [0.717, 1.165) is 13.1 Å². The number of nitrogens with two attached hydrogens (primary N) is 1. The summed E-state index contributed by atoms with van der Waals surface area (Å²) in [6.07, 6.45) is 1.31. The Labute approximate surface area is 114 Å². The van der Waals surface area contributed by atoms with Crippen LogP contribution in [0.2, 0.25) is 0 Å². The zero-order valence-electron chi connectivity index (χ0n) is 10.9. The molecule has 0 radical (unpaired) electrons. The predicted molar refractivity (Wildman–Crippen MR) is 68.4 cm³/mol. The van der Waals surface area contributed by atoms with E-state index in [1.54, 1.807) is 0 Å². The molecular formula is C12H16N4O4. The van der Waals surface area contributed by atoms with Gasteiger partial charge >= 0.3 is 0 Å². The monoisotopic (exact) mass is 280 g/mol. The minimum atomic E-state index is -0.919. The average Bonchev–Trinajstić information content (AvgIpc) is 2.44. The molecule has 1 amide bonds. The lowest BCUT2D eigenvalue weighted by Gasteiger charge is -2.41. The van der Waals surface area contributed by atoms with Crippen LogP contribution in [0.5, 0.6) is 5.75 Å². The fourth-order valence-electron chi connectivity index (χ4n) is 2.87. The summed E-state index contributed by atoms with van der Waals surface area (Å²) in [5, 5.41) is 13.0. The molecule has 0 atom stereocenters. The van der Waals surface area contributed by atoms with E-state index in [0.29, 0.717) is 31.8 Å². The standard InChI is InChI=1S/C12H16N4O4/c13-9(18)7-8(17)10(19)16-5-6-20-12(11(16)15-7)1-3-14-4-2-12/h14,17H,1-6H2,(H2,13,18). The molecule has 1 saturated heterocycles. The van der Waals surface area contributed by atoms with E-state index in [1.807, 2.05) is 0 Å². The quantitative estimate of drug-likeness (QED) is 0.585. The van der Waals surface area contributed by atoms with E-state index in [2.05, 4.69) is 10.3 Å². The van der Waals surface area contributed by atoms with Gasteiger partial charge in [-0.1, -0.05) is 0 Å². The first-order chi connectivity index (χ1) is 9.55. The van der Waals surface area contributed by atoms with Gasteiger partial charge in [-0.15, -0.1) is 0 Å². The molecule has 1 fully saturated rings. The van der Waals surface area contributed by atoms with Gasteiger partial charge in [0.2, 0.25) is 5.75 Å². The number of carbonyl (C=O) groups is 1. The number of hydrogen-bond donors (Lipinski definition) is 3. The third-order valence-electron chi connectivity index (χ3n) is 3.89. The van der Waals surface area contributed by atoms with Crippen molar-refractivity contribution in [2.45, 2.75) is 25.0 Å². The lowest BCUT2D eigenvalue weighted by molar-refractivity contribution is -0.102. The normalized spacial score (nSPS) is 20.6. The number of ether oxygens (including phenoxy) is 1. The number of nitrogens with zero attached hydrogens (tertiary/aromatic N) is 2. The molecule has 3 rings (SSSR count). The van der Waals surface area contributed by atoms with E-state index in [9.17, 15) is 14.7 Å². The van der Waals surface area contributed by atoms with Gasteiger partial charge in [0, 0.05) is 0 Å². The third-order valence-corrected chi connectivity index (χ3v) is 3.89. The van der Waals surface area contributed by atoms with Crippen LogP contribution in [0, 0.1) is 0 Å². The maximum absolute atomic E-state index is 12.2. The van der Waals surface area contributed by atoms with E-state index in [4.69, 9.17) is 10.5 Å². The van der Waals surface area contributed by atoms with Crippen LogP contribution in [0.15, 0.2) is 4.79 Å². The number of carbonyl (C=O) groups excluding carboxylic acids is 1. The fourth-order valence-corrected chi connectivity index (χ4v) is 2.87. The van der Waals surface area contributed by atoms with Gasteiger partial charge in [-0.25, -0.2) is 4.98 Å². The Kier molecular flexibility index (Phi) is 2.98. The largest absolute Gasteiger partial charge is 0.501 e. The van der Waals surface area contributed by atoms with Gasteiger partial charge in [-0.2, -0.15) is 0 Å². The summed E-state index contributed by atoms with van der Waals surface area (Å²) in [5.74, 6) is -1.22. The minimum Gasteiger partial charge on any atom is -0.501 e. The number of rotatable bonds is 1. The number of aromatic nitrogens is 2. The molecule has 20 heavy (non-hydrogen) atoms. The highest BCUT2D eigenvalue weighted by Crippen LogP contribution is 2.36. The van der Waals surface area contributed by atoms with Crippen LogP contribution in [0.4, 0.5) is 0 Å². The molecule has 3 heterocycles. The van der Waals surface area contributed by atoms with Crippen molar-refractivity contribution in [1.29, 1.82) is 0 Å². The van der Waals surface area contributed by atoms with Gasteiger partial charge in [0.15, 0.2) is 5.69 Å². The van der Waals surface area contributed by atoms with E-state index < -0.39 is 22.8 Å². The van der Waals surface area contributed by atoms with Crippen molar-refractivity contribution in [3.8, 4) is 5.75 Å². The van der Waals surface area contributed by atoms with Crippen molar-refractivity contribution in [2.24, 2.45) is 5.73 Å². The lowest BCUT2D eigenvalue weighted by atomic mass is 9.89. The molecule has 1 aromatic rings. The van der Waals surface area contributed by atoms with E-state index in [-0.39, 0.29) is 5.69 Å². The van der Waals surface area contributed by atoms with Crippen LogP contribution in [0.1, 0.15) is 29.2 Å². The molecule has 8 nitrogen and oxygen atoms in total. The second kappa shape index (κ2) is 4.57. The molecule has 0 saturated carbocycles. The molecule has 2 aliphatic heterocycles. The SMILES string of the molecule is NC(=O)c1nc2n(c(=O)c1O)CCOC21CCNCC1. The fraction of sp³-hybridized carbons (Fsp3) is 0.583. The smallest absolute Gasteiger partial charge is 0.296 e. The number of piperidine rings is 1. The molecule has 0 unspecified atom stereocenters. The van der Waals surface area contributed by atoms with Gasteiger partial charge in [0.25, 0.3) is 11.5 Å². The van der Waals surface area contributed by atoms with Gasteiger partial charge in [-0.05, 0) is 25.9 Å². The van der Waals surface area contributed by atoms with Crippen LogP contribution >= 0.6 is 0 Å². The summed E-state index contributed by atoms with van der Waals surface area (Å²) in [6.45, 7) is 2.16. The highest BCUT2D eigenvalue weighted by atomic mass is 16.5. The summed E-state index contributed by atoms with van der Waals surface area (Å²) in [6, 6.07) is 0. The van der Waals surface area contributed by atoms with Crippen LogP contribution in [0.3, 0.4) is 0 Å². The molecule has 1 aromatic heterocycles. The van der Waals surface area contributed by atoms with Gasteiger partial charge < -0.3 is 20.9 Å².